The van der Waals surface area contributed by atoms with Gasteiger partial charge in [0.1, 0.15) is 0 Å². The number of nitrogens with one attached hydrogen (secondary N) is 1. The van der Waals surface area contributed by atoms with Crippen molar-refractivity contribution in [3.05, 3.63) is 29.8 Å². The van der Waals surface area contributed by atoms with Gasteiger partial charge in [0.2, 0.25) is 5.91 Å². The summed E-state index contributed by atoms with van der Waals surface area (Å²) in [5.74, 6) is 0.886. The van der Waals surface area contributed by atoms with E-state index in [9.17, 15) is 9.90 Å². The van der Waals surface area contributed by atoms with Gasteiger partial charge < -0.3 is 16.2 Å². The van der Waals surface area contributed by atoms with Crippen LogP contribution in [0.4, 0.5) is 5.69 Å². The van der Waals surface area contributed by atoms with Gasteiger partial charge in [-0.3, -0.25) is 4.79 Å². The minimum absolute atomic E-state index is 0.0796. The van der Waals surface area contributed by atoms with Gasteiger partial charge in [-0.05, 0) is 48.8 Å². The first-order chi connectivity index (χ1) is 9.69. The summed E-state index contributed by atoms with van der Waals surface area (Å²) in [5.41, 5.74) is 7.54. The van der Waals surface area contributed by atoms with E-state index in [1.807, 2.05) is 24.3 Å². The van der Waals surface area contributed by atoms with Crippen LogP contribution in [0.15, 0.2) is 24.3 Å². The zero-order chi connectivity index (χ0) is 14.4. The average Bonchev–Trinajstić information content (AvgIpc) is 2.90. The van der Waals surface area contributed by atoms with Crippen molar-refractivity contribution in [3.63, 3.8) is 0 Å². The largest absolute Gasteiger partial charge is 0.399 e. The van der Waals surface area contributed by atoms with Gasteiger partial charge in [0.15, 0.2) is 0 Å². The highest BCUT2D eigenvalue weighted by Gasteiger charge is 2.26. The predicted octanol–water partition coefficient (Wildman–Crippen LogP) is 1.73. The molecule has 0 aromatic heterocycles. The molecule has 1 aliphatic carbocycles. The van der Waals surface area contributed by atoms with Crippen LogP contribution in [0.5, 0.6) is 0 Å². The van der Waals surface area contributed by atoms with E-state index in [1.54, 1.807) is 0 Å². The maximum absolute atomic E-state index is 11.8. The molecule has 1 saturated carbocycles. The Bertz CT molecular complexity index is 448. The SMILES string of the molecule is Nc1cccc(CCC(=O)NCC2CCCC2CO)c1. The van der Waals surface area contributed by atoms with E-state index >= 15 is 0 Å². The maximum Gasteiger partial charge on any atom is 0.220 e. The average molecular weight is 276 g/mol. The molecule has 1 aliphatic rings. The second-order valence-electron chi connectivity index (χ2n) is 5.68. The first kappa shape index (κ1) is 14.9. The number of nitrogen functional groups attached to an aromatic ring is 1. The molecule has 20 heavy (non-hydrogen) atoms. The molecule has 2 atom stereocenters. The first-order valence-electron chi connectivity index (χ1n) is 7.41. The van der Waals surface area contributed by atoms with Crippen molar-refractivity contribution in [1.82, 2.24) is 5.32 Å². The lowest BCUT2D eigenvalue weighted by atomic mass is 9.97. The molecule has 1 aromatic rings. The molecule has 0 saturated heterocycles. The van der Waals surface area contributed by atoms with Crippen LogP contribution < -0.4 is 11.1 Å². The molecule has 4 nitrogen and oxygen atoms in total. The second-order valence-corrected chi connectivity index (χ2v) is 5.68. The summed E-state index contributed by atoms with van der Waals surface area (Å²) in [6, 6.07) is 7.65. The van der Waals surface area contributed by atoms with Crippen molar-refractivity contribution in [3.8, 4) is 0 Å². The lowest BCUT2D eigenvalue weighted by Gasteiger charge is -2.17. The Hall–Kier alpha value is -1.55. The third-order valence-corrected chi connectivity index (χ3v) is 4.20. The smallest absolute Gasteiger partial charge is 0.220 e. The minimum Gasteiger partial charge on any atom is -0.399 e. The van der Waals surface area contributed by atoms with Crippen LogP contribution >= 0.6 is 0 Å². The van der Waals surface area contributed by atoms with E-state index in [4.69, 9.17) is 5.73 Å². The summed E-state index contributed by atoms with van der Waals surface area (Å²) >= 11 is 0. The number of anilines is 1. The molecule has 2 unspecified atom stereocenters. The van der Waals surface area contributed by atoms with Gasteiger partial charge >= 0.3 is 0 Å². The number of aliphatic hydroxyl groups excluding tert-OH is 1. The van der Waals surface area contributed by atoms with Crippen LogP contribution in [0.2, 0.25) is 0 Å². The summed E-state index contributed by atoms with van der Waals surface area (Å²) in [4.78, 5) is 11.8. The number of nitrogens with two attached hydrogens (primary N) is 1. The van der Waals surface area contributed by atoms with E-state index in [-0.39, 0.29) is 12.5 Å². The Kier molecular flexibility index (Phi) is 5.41. The molecule has 0 spiro atoms. The van der Waals surface area contributed by atoms with Crippen LogP contribution in [-0.2, 0) is 11.2 Å². The number of benzene rings is 1. The van der Waals surface area contributed by atoms with Crippen LogP contribution in [0, 0.1) is 11.8 Å². The third-order valence-electron chi connectivity index (χ3n) is 4.20. The molecular formula is C16H24N2O2. The Morgan fingerprint density at radius 3 is 2.90 bits per heavy atom. The zero-order valence-corrected chi connectivity index (χ0v) is 11.8. The van der Waals surface area contributed by atoms with Crippen LogP contribution in [0.1, 0.15) is 31.2 Å². The normalized spacial score (nSPS) is 21.9. The van der Waals surface area contributed by atoms with E-state index in [1.165, 1.54) is 0 Å². The molecule has 110 valence electrons. The number of hydrogen-bond acceptors (Lipinski definition) is 3. The van der Waals surface area contributed by atoms with Gasteiger partial charge in [-0.25, -0.2) is 0 Å². The van der Waals surface area contributed by atoms with Gasteiger partial charge in [-0.1, -0.05) is 18.6 Å². The van der Waals surface area contributed by atoms with Crippen LogP contribution in [0.25, 0.3) is 0 Å². The van der Waals surface area contributed by atoms with E-state index < -0.39 is 0 Å². The van der Waals surface area contributed by atoms with Crippen molar-refractivity contribution in [2.75, 3.05) is 18.9 Å². The van der Waals surface area contributed by atoms with Crippen molar-refractivity contribution in [2.45, 2.75) is 32.1 Å². The molecule has 0 aliphatic heterocycles. The van der Waals surface area contributed by atoms with Crippen molar-refractivity contribution in [1.29, 1.82) is 0 Å². The summed E-state index contributed by atoms with van der Waals surface area (Å²) in [6.45, 7) is 0.935. The number of hydrogen-bond donors (Lipinski definition) is 3. The fourth-order valence-electron chi connectivity index (χ4n) is 2.96. The maximum atomic E-state index is 11.8. The summed E-state index contributed by atoms with van der Waals surface area (Å²) in [5, 5.41) is 12.2. The number of carbonyl (C=O) groups is 1. The Morgan fingerprint density at radius 2 is 2.15 bits per heavy atom. The number of aryl methyl sites for hydroxylation is 1. The Morgan fingerprint density at radius 1 is 1.35 bits per heavy atom. The molecule has 0 bridgehead atoms. The molecule has 0 heterocycles. The van der Waals surface area contributed by atoms with Crippen molar-refractivity contribution in [2.24, 2.45) is 11.8 Å². The Balaban J connectivity index is 1.70. The second kappa shape index (κ2) is 7.29. The van der Waals surface area contributed by atoms with Crippen LogP contribution in [0.3, 0.4) is 0 Å². The molecule has 4 heteroatoms. The van der Waals surface area contributed by atoms with E-state index in [2.05, 4.69) is 5.32 Å². The lowest BCUT2D eigenvalue weighted by Crippen LogP contribution is -2.31. The summed E-state index contributed by atoms with van der Waals surface area (Å²) < 4.78 is 0. The lowest BCUT2D eigenvalue weighted by molar-refractivity contribution is -0.121. The highest BCUT2D eigenvalue weighted by atomic mass is 16.3. The van der Waals surface area contributed by atoms with Gasteiger partial charge in [-0.15, -0.1) is 0 Å². The van der Waals surface area contributed by atoms with Gasteiger partial charge in [-0.2, -0.15) is 0 Å². The first-order valence-corrected chi connectivity index (χ1v) is 7.41. The van der Waals surface area contributed by atoms with Crippen LogP contribution in [-0.4, -0.2) is 24.2 Å². The fraction of sp³-hybridized carbons (Fsp3) is 0.562. The molecule has 0 radical (unpaired) electrons. The molecule has 1 fully saturated rings. The third kappa shape index (κ3) is 4.23. The number of amides is 1. The van der Waals surface area contributed by atoms with E-state index in [0.29, 0.717) is 31.2 Å². The summed E-state index contributed by atoms with van der Waals surface area (Å²) in [6.07, 6.45) is 4.56. The molecule has 4 N–H and O–H groups in total. The Labute approximate surface area is 120 Å². The number of rotatable bonds is 6. The topological polar surface area (TPSA) is 75.4 Å². The highest BCUT2D eigenvalue weighted by molar-refractivity contribution is 5.76. The standard InChI is InChI=1S/C16H24N2O2/c17-15-6-1-3-12(9-15)7-8-16(20)18-10-13-4-2-5-14(13)11-19/h1,3,6,9,13-14,19H,2,4-5,7-8,10-11,17H2,(H,18,20). The number of aliphatic hydroxyl groups is 1. The highest BCUT2D eigenvalue weighted by Crippen LogP contribution is 2.30. The van der Waals surface area contributed by atoms with Gasteiger partial charge in [0.05, 0.1) is 0 Å². The summed E-state index contributed by atoms with van der Waals surface area (Å²) in [7, 11) is 0. The van der Waals surface area contributed by atoms with Crippen molar-refractivity contribution < 1.29 is 9.90 Å². The molecule has 1 amide bonds. The fourth-order valence-corrected chi connectivity index (χ4v) is 2.96. The van der Waals surface area contributed by atoms with Gasteiger partial charge in [0, 0.05) is 25.3 Å². The molecular weight excluding hydrogens is 252 g/mol. The zero-order valence-electron chi connectivity index (χ0n) is 11.8. The number of carbonyl (C=O) groups excluding carboxylic acids is 1. The minimum atomic E-state index is 0.0796. The predicted molar refractivity (Wildman–Crippen MR) is 80.1 cm³/mol. The van der Waals surface area contributed by atoms with Crippen molar-refractivity contribution >= 4 is 11.6 Å². The monoisotopic (exact) mass is 276 g/mol. The molecule has 1 aromatic carbocycles. The van der Waals surface area contributed by atoms with E-state index in [0.717, 1.165) is 30.5 Å². The molecule has 2 rings (SSSR count). The quantitative estimate of drug-likeness (QED) is 0.693. The van der Waals surface area contributed by atoms with Gasteiger partial charge in [0.25, 0.3) is 0 Å².